The zero-order chi connectivity index (χ0) is 7.23. The molecular formula is C5H10N4O. The molecule has 10 heavy (non-hydrogen) atoms. The zero-order valence-corrected chi connectivity index (χ0v) is 5.54. The first-order valence-corrected chi connectivity index (χ1v) is 3.13. The molecular weight excluding hydrogens is 132 g/mol. The van der Waals surface area contributed by atoms with E-state index < -0.39 is 0 Å². The van der Waals surface area contributed by atoms with Crippen molar-refractivity contribution in [3.05, 3.63) is 6.33 Å². The Morgan fingerprint density at radius 3 is 3.20 bits per heavy atom. The summed E-state index contributed by atoms with van der Waals surface area (Å²) in [6.07, 6.45) is 2.15. The number of nitrogens with one attached hydrogen (secondary N) is 2. The van der Waals surface area contributed by atoms with Gasteiger partial charge in [-0.3, -0.25) is 0 Å². The Bertz CT molecular complexity index is 162. The maximum atomic E-state index is 8.41. The minimum absolute atomic E-state index is 0.196. The van der Waals surface area contributed by atoms with Crippen LogP contribution in [-0.4, -0.2) is 33.4 Å². The van der Waals surface area contributed by atoms with E-state index in [0.717, 1.165) is 6.42 Å². The van der Waals surface area contributed by atoms with E-state index in [-0.39, 0.29) is 6.61 Å². The van der Waals surface area contributed by atoms with Crippen LogP contribution in [0, 0.1) is 0 Å². The summed E-state index contributed by atoms with van der Waals surface area (Å²) in [6, 6.07) is 0. The summed E-state index contributed by atoms with van der Waals surface area (Å²) < 4.78 is 0. The molecule has 5 heteroatoms. The fourth-order valence-corrected chi connectivity index (χ4v) is 0.576. The summed E-state index contributed by atoms with van der Waals surface area (Å²) in [5, 5.41) is 17.6. The maximum Gasteiger partial charge on any atom is 0.218 e. The van der Waals surface area contributed by atoms with Crippen LogP contribution < -0.4 is 5.32 Å². The molecule has 56 valence electrons. The van der Waals surface area contributed by atoms with Gasteiger partial charge in [-0.15, -0.1) is 0 Å². The smallest absolute Gasteiger partial charge is 0.218 e. The molecule has 1 heterocycles. The Balaban J connectivity index is 2.15. The van der Waals surface area contributed by atoms with Crippen molar-refractivity contribution in [1.82, 2.24) is 15.2 Å². The molecule has 3 N–H and O–H groups in total. The molecule has 5 nitrogen and oxygen atoms in total. The van der Waals surface area contributed by atoms with E-state index in [4.69, 9.17) is 5.11 Å². The molecule has 0 aliphatic heterocycles. The minimum Gasteiger partial charge on any atom is -0.396 e. The number of hydrogen-bond acceptors (Lipinski definition) is 4. The van der Waals surface area contributed by atoms with Crippen LogP contribution in [0.4, 0.5) is 5.95 Å². The molecule has 0 amide bonds. The molecule has 0 aliphatic carbocycles. The van der Waals surface area contributed by atoms with E-state index in [0.29, 0.717) is 12.5 Å². The van der Waals surface area contributed by atoms with Gasteiger partial charge in [-0.1, -0.05) is 0 Å². The average Bonchev–Trinajstić information content (AvgIpc) is 2.41. The summed E-state index contributed by atoms with van der Waals surface area (Å²) in [4.78, 5) is 3.83. The van der Waals surface area contributed by atoms with Gasteiger partial charge in [0.25, 0.3) is 0 Å². The largest absolute Gasteiger partial charge is 0.396 e. The molecule has 0 bridgehead atoms. The van der Waals surface area contributed by atoms with Crippen LogP contribution in [0.15, 0.2) is 6.33 Å². The Hall–Kier alpha value is -1.10. The summed E-state index contributed by atoms with van der Waals surface area (Å²) in [6.45, 7) is 0.910. The third-order valence-electron chi connectivity index (χ3n) is 1.04. The van der Waals surface area contributed by atoms with Crippen molar-refractivity contribution in [3.8, 4) is 0 Å². The Morgan fingerprint density at radius 1 is 1.70 bits per heavy atom. The van der Waals surface area contributed by atoms with Crippen molar-refractivity contribution >= 4 is 5.95 Å². The lowest BCUT2D eigenvalue weighted by Gasteiger charge is -1.97. The molecule has 0 spiro atoms. The second kappa shape index (κ2) is 3.84. The lowest BCUT2D eigenvalue weighted by molar-refractivity contribution is 0.292. The van der Waals surface area contributed by atoms with E-state index in [1.165, 1.54) is 6.33 Å². The van der Waals surface area contributed by atoms with Gasteiger partial charge in [0.05, 0.1) is 0 Å². The van der Waals surface area contributed by atoms with E-state index in [1.807, 2.05) is 0 Å². The molecule has 0 unspecified atom stereocenters. The quantitative estimate of drug-likeness (QED) is 0.500. The highest BCUT2D eigenvalue weighted by atomic mass is 16.3. The van der Waals surface area contributed by atoms with Crippen molar-refractivity contribution in [2.24, 2.45) is 0 Å². The van der Waals surface area contributed by atoms with Gasteiger partial charge in [0.1, 0.15) is 6.33 Å². The third kappa shape index (κ3) is 2.02. The summed E-state index contributed by atoms with van der Waals surface area (Å²) in [5.41, 5.74) is 0. The topological polar surface area (TPSA) is 73.8 Å². The van der Waals surface area contributed by atoms with Crippen LogP contribution in [0.25, 0.3) is 0 Å². The van der Waals surface area contributed by atoms with Crippen LogP contribution in [-0.2, 0) is 0 Å². The van der Waals surface area contributed by atoms with Gasteiger partial charge < -0.3 is 10.4 Å². The highest BCUT2D eigenvalue weighted by Crippen LogP contribution is 1.90. The number of aliphatic hydroxyl groups excluding tert-OH is 1. The predicted molar refractivity (Wildman–Crippen MR) is 36.6 cm³/mol. The number of nitrogens with zero attached hydrogens (tertiary/aromatic N) is 2. The molecule has 0 saturated carbocycles. The van der Waals surface area contributed by atoms with Crippen LogP contribution in [0.1, 0.15) is 6.42 Å². The second-order valence-corrected chi connectivity index (χ2v) is 1.84. The van der Waals surface area contributed by atoms with E-state index in [1.54, 1.807) is 0 Å². The monoisotopic (exact) mass is 142 g/mol. The first-order valence-electron chi connectivity index (χ1n) is 3.13. The first-order chi connectivity index (χ1) is 4.93. The lowest BCUT2D eigenvalue weighted by Crippen LogP contribution is -2.04. The van der Waals surface area contributed by atoms with Gasteiger partial charge in [0.15, 0.2) is 0 Å². The summed E-state index contributed by atoms with van der Waals surface area (Å²) >= 11 is 0. The van der Waals surface area contributed by atoms with Crippen LogP contribution in [0.5, 0.6) is 0 Å². The molecule has 0 aromatic carbocycles. The van der Waals surface area contributed by atoms with Crippen molar-refractivity contribution in [3.63, 3.8) is 0 Å². The molecule has 1 aromatic heterocycles. The van der Waals surface area contributed by atoms with Gasteiger partial charge in [0.2, 0.25) is 5.95 Å². The van der Waals surface area contributed by atoms with Gasteiger partial charge in [-0.2, -0.15) is 5.10 Å². The van der Waals surface area contributed by atoms with Crippen LogP contribution >= 0.6 is 0 Å². The Labute approximate surface area is 58.5 Å². The number of aromatic amines is 1. The highest BCUT2D eigenvalue weighted by molar-refractivity contribution is 5.19. The van der Waals surface area contributed by atoms with Crippen molar-refractivity contribution in [1.29, 1.82) is 0 Å². The lowest BCUT2D eigenvalue weighted by atomic mass is 10.4. The zero-order valence-electron chi connectivity index (χ0n) is 5.54. The number of rotatable bonds is 4. The summed E-state index contributed by atoms with van der Waals surface area (Å²) in [7, 11) is 0. The molecule has 1 rings (SSSR count). The van der Waals surface area contributed by atoms with E-state index in [2.05, 4.69) is 20.5 Å². The van der Waals surface area contributed by atoms with Crippen LogP contribution in [0.2, 0.25) is 0 Å². The van der Waals surface area contributed by atoms with E-state index >= 15 is 0 Å². The average molecular weight is 142 g/mol. The number of aromatic nitrogens is 3. The maximum absolute atomic E-state index is 8.41. The van der Waals surface area contributed by atoms with Crippen molar-refractivity contribution in [2.75, 3.05) is 18.5 Å². The highest BCUT2D eigenvalue weighted by Gasteiger charge is 1.90. The molecule has 0 aliphatic rings. The van der Waals surface area contributed by atoms with Crippen molar-refractivity contribution < 1.29 is 5.11 Å². The molecule has 1 aromatic rings. The predicted octanol–water partition coefficient (Wildman–Crippen LogP) is -0.401. The van der Waals surface area contributed by atoms with E-state index in [9.17, 15) is 0 Å². The first kappa shape index (κ1) is 7.01. The normalized spacial score (nSPS) is 9.70. The Kier molecular flexibility index (Phi) is 2.69. The fourth-order valence-electron chi connectivity index (χ4n) is 0.576. The number of hydrogen-bond donors (Lipinski definition) is 3. The number of aliphatic hydroxyl groups is 1. The fraction of sp³-hybridized carbons (Fsp3) is 0.600. The van der Waals surface area contributed by atoms with Gasteiger partial charge >= 0.3 is 0 Å². The van der Waals surface area contributed by atoms with Crippen molar-refractivity contribution in [2.45, 2.75) is 6.42 Å². The van der Waals surface area contributed by atoms with Gasteiger partial charge in [-0.25, -0.2) is 10.1 Å². The Morgan fingerprint density at radius 2 is 2.60 bits per heavy atom. The second-order valence-electron chi connectivity index (χ2n) is 1.84. The molecule has 0 atom stereocenters. The van der Waals surface area contributed by atoms with Gasteiger partial charge in [-0.05, 0) is 6.42 Å². The van der Waals surface area contributed by atoms with Gasteiger partial charge in [0, 0.05) is 13.2 Å². The number of H-pyrrole nitrogens is 1. The SMILES string of the molecule is OCCCNc1ncn[nH]1. The number of anilines is 1. The molecule has 0 fully saturated rings. The third-order valence-corrected chi connectivity index (χ3v) is 1.04. The summed E-state index contributed by atoms with van der Waals surface area (Å²) in [5.74, 6) is 0.647. The standard InChI is InChI=1S/C5H10N4O/c10-3-1-2-6-5-7-4-8-9-5/h4,10H,1-3H2,(H2,6,7,8,9). The molecule has 0 radical (unpaired) electrons. The van der Waals surface area contributed by atoms with Crippen LogP contribution in [0.3, 0.4) is 0 Å². The molecule has 0 saturated heterocycles. The minimum atomic E-state index is 0.196.